The van der Waals surface area contributed by atoms with Crippen LogP contribution in [0.1, 0.15) is 41.3 Å². The van der Waals surface area contributed by atoms with Crippen molar-refractivity contribution in [3.63, 3.8) is 0 Å². The molecule has 0 fully saturated rings. The van der Waals surface area contributed by atoms with Crippen molar-refractivity contribution in [2.75, 3.05) is 21.3 Å². The van der Waals surface area contributed by atoms with Crippen LogP contribution in [0, 0.1) is 11.8 Å². The standard InChI is InChI=1S/C21H24O5/c1-11-12(2)21(23)15-9-16(22)18(25-4)10-14(15)20(11)13-6-7-17(24-3)19(8-13)26-5/h6-12,20,22H,1-5H3/t11-,12-,20-/m0/s1. The summed E-state index contributed by atoms with van der Waals surface area (Å²) in [7, 11) is 4.71. The van der Waals surface area contributed by atoms with Gasteiger partial charge in [0.25, 0.3) is 0 Å². The Bertz CT molecular complexity index is 843. The molecule has 0 amide bonds. The van der Waals surface area contributed by atoms with Crippen LogP contribution >= 0.6 is 0 Å². The minimum atomic E-state index is -0.159. The zero-order valence-electron chi connectivity index (χ0n) is 15.7. The lowest BCUT2D eigenvalue weighted by Crippen LogP contribution is -2.32. The topological polar surface area (TPSA) is 65.0 Å². The number of benzene rings is 2. The first kappa shape index (κ1) is 18.1. The van der Waals surface area contributed by atoms with Gasteiger partial charge in [-0.15, -0.1) is 0 Å². The smallest absolute Gasteiger partial charge is 0.166 e. The summed E-state index contributed by atoms with van der Waals surface area (Å²) in [6.45, 7) is 4.01. The van der Waals surface area contributed by atoms with Crippen LogP contribution in [-0.4, -0.2) is 32.2 Å². The molecule has 0 radical (unpaired) electrons. The molecule has 0 aromatic heterocycles. The fourth-order valence-corrected chi connectivity index (χ4v) is 3.80. The number of fused-ring (bicyclic) bond motifs is 1. The molecule has 0 bridgehead atoms. The Hall–Kier alpha value is -2.69. The van der Waals surface area contributed by atoms with Crippen LogP contribution in [0.25, 0.3) is 0 Å². The monoisotopic (exact) mass is 356 g/mol. The van der Waals surface area contributed by atoms with E-state index >= 15 is 0 Å². The van der Waals surface area contributed by atoms with E-state index in [1.807, 2.05) is 25.1 Å². The Kier molecular flexibility index (Phi) is 4.81. The second-order valence-electron chi connectivity index (χ2n) is 6.72. The molecule has 0 aliphatic heterocycles. The molecule has 138 valence electrons. The number of carbonyl (C=O) groups is 1. The molecular formula is C21H24O5. The molecule has 3 atom stereocenters. The van der Waals surface area contributed by atoms with E-state index in [2.05, 4.69) is 6.92 Å². The fraction of sp³-hybridized carbons (Fsp3) is 0.381. The number of rotatable bonds is 4. The van der Waals surface area contributed by atoms with E-state index in [0.717, 1.165) is 11.1 Å². The van der Waals surface area contributed by atoms with E-state index in [-0.39, 0.29) is 29.3 Å². The van der Waals surface area contributed by atoms with Crippen molar-refractivity contribution in [3.8, 4) is 23.0 Å². The Morgan fingerprint density at radius 2 is 1.54 bits per heavy atom. The second kappa shape index (κ2) is 6.90. The van der Waals surface area contributed by atoms with Gasteiger partial charge in [-0.1, -0.05) is 19.9 Å². The Balaban J connectivity index is 2.21. The number of aromatic hydroxyl groups is 1. The summed E-state index contributed by atoms with van der Waals surface area (Å²) in [5, 5.41) is 10.1. The number of hydrogen-bond donors (Lipinski definition) is 1. The van der Waals surface area contributed by atoms with Gasteiger partial charge in [-0.25, -0.2) is 0 Å². The maximum atomic E-state index is 12.8. The van der Waals surface area contributed by atoms with Gasteiger partial charge in [0, 0.05) is 17.4 Å². The van der Waals surface area contributed by atoms with Crippen LogP contribution in [0.5, 0.6) is 23.0 Å². The van der Waals surface area contributed by atoms with Gasteiger partial charge in [0.05, 0.1) is 21.3 Å². The summed E-state index contributed by atoms with van der Waals surface area (Å²) in [5.74, 6) is 1.60. The summed E-state index contributed by atoms with van der Waals surface area (Å²) in [5.41, 5.74) is 2.44. The van der Waals surface area contributed by atoms with Crippen LogP contribution in [0.2, 0.25) is 0 Å². The van der Waals surface area contributed by atoms with E-state index in [9.17, 15) is 9.90 Å². The molecule has 5 heteroatoms. The van der Waals surface area contributed by atoms with E-state index in [1.165, 1.54) is 13.2 Å². The van der Waals surface area contributed by atoms with Crippen molar-refractivity contribution in [3.05, 3.63) is 47.0 Å². The second-order valence-corrected chi connectivity index (χ2v) is 6.72. The number of ether oxygens (including phenoxy) is 3. The maximum absolute atomic E-state index is 12.8. The largest absolute Gasteiger partial charge is 0.504 e. The lowest BCUT2D eigenvalue weighted by Gasteiger charge is -2.36. The lowest BCUT2D eigenvalue weighted by atomic mass is 9.67. The number of methoxy groups -OCH3 is 3. The van der Waals surface area contributed by atoms with Gasteiger partial charge in [-0.3, -0.25) is 4.79 Å². The third-order valence-electron chi connectivity index (χ3n) is 5.45. The van der Waals surface area contributed by atoms with Gasteiger partial charge in [-0.05, 0) is 41.3 Å². The van der Waals surface area contributed by atoms with Crippen molar-refractivity contribution < 1.29 is 24.1 Å². The molecule has 0 heterocycles. The first-order valence-corrected chi connectivity index (χ1v) is 8.59. The SMILES string of the molecule is COc1cc2c(cc1O)C(=O)[C@@H](C)[C@H](C)[C@H]2c1ccc(OC)c(OC)c1. The van der Waals surface area contributed by atoms with Crippen molar-refractivity contribution in [1.82, 2.24) is 0 Å². The van der Waals surface area contributed by atoms with Crippen molar-refractivity contribution in [1.29, 1.82) is 0 Å². The first-order chi connectivity index (χ1) is 12.4. The minimum Gasteiger partial charge on any atom is -0.504 e. The summed E-state index contributed by atoms with van der Waals surface area (Å²) < 4.78 is 16.0. The summed E-state index contributed by atoms with van der Waals surface area (Å²) >= 11 is 0. The van der Waals surface area contributed by atoms with Crippen LogP contribution in [0.3, 0.4) is 0 Å². The summed E-state index contributed by atoms with van der Waals surface area (Å²) in [6, 6.07) is 9.11. The van der Waals surface area contributed by atoms with Crippen molar-refractivity contribution >= 4 is 5.78 Å². The van der Waals surface area contributed by atoms with E-state index < -0.39 is 0 Å². The van der Waals surface area contributed by atoms with E-state index in [0.29, 0.717) is 22.8 Å². The number of phenols is 1. The van der Waals surface area contributed by atoms with Gasteiger partial charge in [0.1, 0.15) is 0 Å². The van der Waals surface area contributed by atoms with Crippen molar-refractivity contribution in [2.24, 2.45) is 11.8 Å². The zero-order valence-corrected chi connectivity index (χ0v) is 15.7. The molecule has 2 aromatic rings. The summed E-state index contributed by atoms with van der Waals surface area (Å²) in [4.78, 5) is 12.8. The van der Waals surface area contributed by atoms with Gasteiger partial charge in [0.2, 0.25) is 0 Å². The normalized spacial score (nSPS) is 21.9. The quantitative estimate of drug-likeness (QED) is 0.896. The van der Waals surface area contributed by atoms with Crippen LogP contribution < -0.4 is 14.2 Å². The Morgan fingerprint density at radius 1 is 0.885 bits per heavy atom. The minimum absolute atomic E-state index is 0.0209. The third kappa shape index (κ3) is 2.77. The number of phenolic OH excluding ortho intramolecular Hbond substituents is 1. The van der Waals surface area contributed by atoms with E-state index in [1.54, 1.807) is 20.3 Å². The van der Waals surface area contributed by atoms with Gasteiger partial charge in [-0.2, -0.15) is 0 Å². The molecule has 26 heavy (non-hydrogen) atoms. The average molecular weight is 356 g/mol. The average Bonchev–Trinajstić information content (AvgIpc) is 2.66. The molecule has 1 aliphatic carbocycles. The van der Waals surface area contributed by atoms with Crippen molar-refractivity contribution in [2.45, 2.75) is 19.8 Å². The lowest BCUT2D eigenvalue weighted by molar-refractivity contribution is 0.0865. The van der Waals surface area contributed by atoms with Gasteiger partial charge < -0.3 is 19.3 Å². The molecule has 1 N–H and O–H groups in total. The van der Waals surface area contributed by atoms with Gasteiger partial charge in [0.15, 0.2) is 28.8 Å². The predicted octanol–water partition coefficient (Wildman–Crippen LogP) is 4.02. The third-order valence-corrected chi connectivity index (χ3v) is 5.45. The predicted molar refractivity (Wildman–Crippen MR) is 98.7 cm³/mol. The van der Waals surface area contributed by atoms with Gasteiger partial charge >= 0.3 is 0 Å². The maximum Gasteiger partial charge on any atom is 0.166 e. The number of hydrogen-bond acceptors (Lipinski definition) is 5. The first-order valence-electron chi connectivity index (χ1n) is 8.59. The molecule has 2 aromatic carbocycles. The molecule has 5 nitrogen and oxygen atoms in total. The molecule has 0 spiro atoms. The number of ketones is 1. The molecule has 1 aliphatic rings. The number of carbonyl (C=O) groups excluding carboxylic acids is 1. The number of Topliss-reactive ketones (excluding diaryl/α,β-unsaturated/α-hetero) is 1. The highest BCUT2D eigenvalue weighted by molar-refractivity contribution is 6.01. The highest BCUT2D eigenvalue weighted by Crippen LogP contribution is 2.47. The highest BCUT2D eigenvalue weighted by atomic mass is 16.5. The summed E-state index contributed by atoms with van der Waals surface area (Å²) in [6.07, 6.45) is 0. The Labute approximate surface area is 153 Å². The molecule has 0 unspecified atom stereocenters. The molecule has 3 rings (SSSR count). The zero-order chi connectivity index (χ0) is 19.0. The molecule has 0 saturated carbocycles. The molecular weight excluding hydrogens is 332 g/mol. The van der Waals surface area contributed by atoms with Crippen LogP contribution in [0.4, 0.5) is 0 Å². The Morgan fingerprint density at radius 3 is 2.15 bits per heavy atom. The fourth-order valence-electron chi connectivity index (χ4n) is 3.80. The molecule has 0 saturated heterocycles. The van der Waals surface area contributed by atoms with Crippen LogP contribution in [-0.2, 0) is 0 Å². The van der Waals surface area contributed by atoms with Crippen LogP contribution in [0.15, 0.2) is 30.3 Å². The van der Waals surface area contributed by atoms with E-state index in [4.69, 9.17) is 14.2 Å². The highest BCUT2D eigenvalue weighted by Gasteiger charge is 2.39.